The summed E-state index contributed by atoms with van der Waals surface area (Å²) < 4.78 is 0. The van der Waals surface area contributed by atoms with Crippen LogP contribution in [-0.2, 0) is 0 Å². The van der Waals surface area contributed by atoms with E-state index >= 15 is 0 Å². The van der Waals surface area contributed by atoms with Crippen LogP contribution in [0.15, 0.2) is 23.3 Å². The van der Waals surface area contributed by atoms with Crippen LogP contribution >= 0.6 is 0 Å². The molecule has 0 aliphatic rings. The predicted molar refractivity (Wildman–Crippen MR) is 45.1 cm³/mol. The van der Waals surface area contributed by atoms with E-state index in [0.717, 1.165) is 11.1 Å². The molecule has 0 saturated carbocycles. The van der Waals surface area contributed by atoms with Crippen molar-refractivity contribution in [3.05, 3.63) is 23.3 Å². The zero-order valence-corrected chi connectivity index (χ0v) is 6.73. The quantitative estimate of drug-likeness (QED) is 0.341. The smallest absolute Gasteiger partial charge is 0.115 e. The first kappa shape index (κ1) is 8.95. The minimum Gasteiger partial charge on any atom is -0.384 e. The Kier molecular flexibility index (Phi) is 3.47. The van der Waals surface area contributed by atoms with Crippen LogP contribution in [0.1, 0.15) is 20.8 Å². The maximum atomic E-state index is 6.97. The Balaban J connectivity index is 4.35. The summed E-state index contributed by atoms with van der Waals surface area (Å²) in [5.74, 6) is 0.110. The fourth-order valence-corrected chi connectivity index (χ4v) is 0.575. The lowest BCUT2D eigenvalue weighted by Gasteiger charge is -1.97. The van der Waals surface area contributed by atoms with E-state index < -0.39 is 0 Å². The molecule has 0 spiro atoms. The van der Waals surface area contributed by atoms with Crippen LogP contribution in [0, 0.1) is 5.41 Å². The zero-order chi connectivity index (χ0) is 8.15. The minimum atomic E-state index is 0.110. The Morgan fingerprint density at radius 3 is 2.10 bits per heavy atom. The molecule has 0 radical (unpaired) electrons. The molecule has 2 heteroatoms. The van der Waals surface area contributed by atoms with E-state index in [4.69, 9.17) is 11.1 Å². The third-order valence-corrected chi connectivity index (χ3v) is 1.43. The third-order valence-electron chi connectivity index (χ3n) is 1.43. The highest BCUT2D eigenvalue weighted by molar-refractivity contribution is 5.89. The largest absolute Gasteiger partial charge is 0.384 e. The van der Waals surface area contributed by atoms with Gasteiger partial charge < -0.3 is 5.73 Å². The van der Waals surface area contributed by atoms with Gasteiger partial charge in [0.25, 0.3) is 0 Å². The molecule has 0 aliphatic heterocycles. The van der Waals surface area contributed by atoms with E-state index in [0.29, 0.717) is 0 Å². The van der Waals surface area contributed by atoms with E-state index in [2.05, 4.69) is 0 Å². The van der Waals surface area contributed by atoms with Crippen molar-refractivity contribution in [2.24, 2.45) is 5.73 Å². The maximum absolute atomic E-state index is 6.97. The second-order valence-corrected chi connectivity index (χ2v) is 2.25. The van der Waals surface area contributed by atoms with Gasteiger partial charge in [0.05, 0.1) is 0 Å². The summed E-state index contributed by atoms with van der Waals surface area (Å²) in [4.78, 5) is 0. The molecule has 0 saturated heterocycles. The molecule has 0 fully saturated rings. The first-order chi connectivity index (χ1) is 4.57. The summed E-state index contributed by atoms with van der Waals surface area (Å²) in [6, 6.07) is 0. The SMILES string of the molecule is C/C=C(C)\C(C)=C/C(=N)N. The molecule has 0 bridgehead atoms. The van der Waals surface area contributed by atoms with Crippen LogP contribution < -0.4 is 5.73 Å². The van der Waals surface area contributed by atoms with Crippen molar-refractivity contribution in [3.8, 4) is 0 Å². The fraction of sp³-hybridized carbons (Fsp3) is 0.375. The maximum Gasteiger partial charge on any atom is 0.115 e. The highest BCUT2D eigenvalue weighted by Gasteiger charge is 1.90. The Bertz CT molecular complexity index is 187. The number of nitrogens with one attached hydrogen (secondary N) is 1. The molecule has 2 nitrogen and oxygen atoms in total. The number of nitrogens with two attached hydrogens (primary N) is 1. The Morgan fingerprint density at radius 2 is 1.80 bits per heavy atom. The molecule has 10 heavy (non-hydrogen) atoms. The van der Waals surface area contributed by atoms with Crippen molar-refractivity contribution in [1.29, 1.82) is 5.41 Å². The predicted octanol–water partition coefficient (Wildman–Crippen LogP) is 1.83. The van der Waals surface area contributed by atoms with Crippen molar-refractivity contribution in [1.82, 2.24) is 0 Å². The minimum absolute atomic E-state index is 0.110. The van der Waals surface area contributed by atoms with Gasteiger partial charge in [-0.2, -0.15) is 0 Å². The monoisotopic (exact) mass is 138 g/mol. The van der Waals surface area contributed by atoms with Crippen LogP contribution in [0.2, 0.25) is 0 Å². The van der Waals surface area contributed by atoms with Gasteiger partial charge >= 0.3 is 0 Å². The van der Waals surface area contributed by atoms with Crippen molar-refractivity contribution in [2.75, 3.05) is 0 Å². The zero-order valence-electron chi connectivity index (χ0n) is 6.73. The van der Waals surface area contributed by atoms with Gasteiger partial charge in [-0.05, 0) is 32.4 Å². The van der Waals surface area contributed by atoms with Crippen molar-refractivity contribution in [2.45, 2.75) is 20.8 Å². The lowest BCUT2D eigenvalue weighted by molar-refractivity contribution is 1.32. The molecule has 0 aromatic rings. The summed E-state index contributed by atoms with van der Waals surface area (Å²) in [5.41, 5.74) is 7.38. The number of hydrogen-bond donors (Lipinski definition) is 2. The number of hydrogen-bond acceptors (Lipinski definition) is 1. The van der Waals surface area contributed by atoms with E-state index in [1.165, 1.54) is 0 Å². The molecular formula is C8H14N2. The molecule has 0 unspecified atom stereocenters. The number of amidine groups is 1. The van der Waals surface area contributed by atoms with Gasteiger partial charge in [-0.3, -0.25) is 5.41 Å². The highest BCUT2D eigenvalue weighted by atomic mass is 14.7. The van der Waals surface area contributed by atoms with E-state index in [1.54, 1.807) is 6.08 Å². The summed E-state index contributed by atoms with van der Waals surface area (Å²) in [7, 11) is 0. The van der Waals surface area contributed by atoms with Gasteiger partial charge in [0.2, 0.25) is 0 Å². The van der Waals surface area contributed by atoms with Crippen LogP contribution in [0.25, 0.3) is 0 Å². The number of allylic oxidation sites excluding steroid dienone is 3. The molecule has 0 aliphatic carbocycles. The third kappa shape index (κ3) is 3.07. The van der Waals surface area contributed by atoms with Gasteiger partial charge in [-0.25, -0.2) is 0 Å². The van der Waals surface area contributed by atoms with Gasteiger partial charge in [-0.15, -0.1) is 0 Å². The molecule has 0 amide bonds. The normalized spacial score (nSPS) is 13.5. The Morgan fingerprint density at radius 1 is 1.30 bits per heavy atom. The summed E-state index contributed by atoms with van der Waals surface area (Å²) in [5, 5.41) is 6.97. The second-order valence-electron chi connectivity index (χ2n) is 2.25. The van der Waals surface area contributed by atoms with E-state index in [1.807, 2.05) is 26.8 Å². The summed E-state index contributed by atoms with van der Waals surface area (Å²) in [6.07, 6.45) is 3.64. The van der Waals surface area contributed by atoms with Gasteiger partial charge in [-0.1, -0.05) is 11.6 Å². The molecule has 56 valence electrons. The van der Waals surface area contributed by atoms with E-state index in [9.17, 15) is 0 Å². The van der Waals surface area contributed by atoms with Crippen LogP contribution in [0.5, 0.6) is 0 Å². The summed E-state index contributed by atoms with van der Waals surface area (Å²) in [6.45, 7) is 5.90. The Labute approximate surface area is 61.9 Å². The molecule has 3 N–H and O–H groups in total. The molecule has 0 aromatic carbocycles. The van der Waals surface area contributed by atoms with Crippen molar-refractivity contribution in [3.63, 3.8) is 0 Å². The molecule has 0 atom stereocenters. The topological polar surface area (TPSA) is 49.9 Å². The summed E-state index contributed by atoms with van der Waals surface area (Å²) >= 11 is 0. The fourth-order valence-electron chi connectivity index (χ4n) is 0.575. The molecule has 0 rings (SSSR count). The van der Waals surface area contributed by atoms with Crippen LogP contribution in [0.4, 0.5) is 0 Å². The van der Waals surface area contributed by atoms with Crippen LogP contribution in [0.3, 0.4) is 0 Å². The van der Waals surface area contributed by atoms with Crippen molar-refractivity contribution >= 4 is 5.84 Å². The molecule has 0 heterocycles. The highest BCUT2D eigenvalue weighted by Crippen LogP contribution is 2.05. The van der Waals surface area contributed by atoms with Crippen molar-refractivity contribution < 1.29 is 0 Å². The van der Waals surface area contributed by atoms with Gasteiger partial charge in [0.1, 0.15) is 5.84 Å². The second kappa shape index (κ2) is 3.88. The number of rotatable bonds is 2. The average molecular weight is 138 g/mol. The lowest BCUT2D eigenvalue weighted by atomic mass is 10.1. The average Bonchev–Trinajstić information content (AvgIpc) is 1.85. The first-order valence-corrected chi connectivity index (χ1v) is 3.23. The molecule has 0 aromatic heterocycles. The Hall–Kier alpha value is -1.05. The van der Waals surface area contributed by atoms with Gasteiger partial charge in [0.15, 0.2) is 0 Å². The van der Waals surface area contributed by atoms with Crippen LogP contribution in [-0.4, -0.2) is 5.84 Å². The standard InChI is InChI=1S/C8H14N2/c1-4-6(2)7(3)5-8(9)10/h4-5H,1-3H3,(H3,9,10)/b6-4-,7-5-. The van der Waals surface area contributed by atoms with Gasteiger partial charge in [0, 0.05) is 0 Å². The lowest BCUT2D eigenvalue weighted by Crippen LogP contribution is -2.05. The first-order valence-electron chi connectivity index (χ1n) is 3.23. The molecular weight excluding hydrogens is 124 g/mol. The van der Waals surface area contributed by atoms with E-state index in [-0.39, 0.29) is 5.84 Å².